The normalized spacial score (nSPS) is 21.1. The lowest BCUT2D eigenvalue weighted by Crippen LogP contribution is -2.47. The second-order valence-corrected chi connectivity index (χ2v) is 21.6. The lowest BCUT2D eigenvalue weighted by molar-refractivity contribution is -0.161. The van der Waals surface area contributed by atoms with E-state index in [1.165, 1.54) is 0 Å². The van der Waals surface area contributed by atoms with Gasteiger partial charge in [0.2, 0.25) is 0 Å². The number of allylic oxidation sites excluding steroid dienone is 20. The molecule has 2 aliphatic carbocycles. The Bertz CT molecular complexity index is 2530. The van der Waals surface area contributed by atoms with E-state index in [1.54, 1.807) is 32.9 Å². The van der Waals surface area contributed by atoms with Crippen LogP contribution < -0.4 is 0 Å². The molecule has 9 N–H and O–H groups in total. The molecule has 0 aromatic carbocycles. The maximum absolute atomic E-state index is 13.1. The zero-order chi connectivity index (χ0) is 62.7. The monoisotopic (exact) mass is 1150 g/mol. The van der Waals surface area contributed by atoms with Crippen molar-refractivity contribution in [3.63, 3.8) is 0 Å². The second kappa shape index (κ2) is 36.3. The summed E-state index contributed by atoms with van der Waals surface area (Å²) < 4.78 is 20.5. The highest BCUT2D eigenvalue weighted by Crippen LogP contribution is 2.42. The molecule has 0 amide bonds. The molecule has 19 heteroatoms. The van der Waals surface area contributed by atoms with E-state index in [0.717, 1.165) is 33.4 Å². The molecule has 0 spiro atoms. The Hall–Kier alpha value is -6.26. The maximum atomic E-state index is 13.1. The Kier molecular flexibility index (Phi) is 32.7. The van der Waals surface area contributed by atoms with Crippen LogP contribution in [0.4, 0.5) is 0 Å². The number of aliphatic hydroxyl groups is 9. The number of hydrogen-bond acceptors (Lipinski definition) is 19. The Morgan fingerprint density at radius 2 is 0.890 bits per heavy atom. The number of ether oxygens (including phenoxy) is 4. The molecule has 0 bridgehead atoms. The average molecular weight is 1150 g/mol. The first-order chi connectivity index (χ1) is 38.3. The van der Waals surface area contributed by atoms with Crippen molar-refractivity contribution in [2.75, 3.05) is 19.8 Å². The third kappa shape index (κ3) is 25.5. The van der Waals surface area contributed by atoms with E-state index in [-0.39, 0.29) is 43.7 Å². The number of rotatable bonds is 30. The quantitative estimate of drug-likeness (QED) is 0.0235. The Labute approximate surface area is 483 Å². The minimum atomic E-state index is -1.88. The van der Waals surface area contributed by atoms with Crippen LogP contribution in [0.5, 0.6) is 0 Å². The fourth-order valence-electron chi connectivity index (χ4n) is 8.41. The zero-order valence-corrected chi connectivity index (χ0v) is 49.4. The van der Waals surface area contributed by atoms with Gasteiger partial charge >= 0.3 is 23.9 Å². The van der Waals surface area contributed by atoms with Crippen molar-refractivity contribution in [1.82, 2.24) is 0 Å². The van der Waals surface area contributed by atoms with Gasteiger partial charge in [-0.1, -0.05) is 155 Å². The summed E-state index contributed by atoms with van der Waals surface area (Å²) in [5.74, 6) is -3.82. The third-order valence-electron chi connectivity index (χ3n) is 13.6. The first-order valence-corrected chi connectivity index (χ1v) is 27.2. The van der Waals surface area contributed by atoms with Gasteiger partial charge in [0.25, 0.3) is 0 Å². The molecule has 2 aliphatic rings. The minimum absolute atomic E-state index is 0.160. The molecule has 82 heavy (non-hydrogen) atoms. The van der Waals surface area contributed by atoms with Gasteiger partial charge in [-0.2, -0.15) is 0 Å². The maximum Gasteiger partial charge on any atom is 0.307 e. The number of carbonyl (C=O) groups excluding carboxylic acids is 6. The fraction of sp³-hybridized carbons (Fsp3) is 0.524. The molecule has 0 heterocycles. The van der Waals surface area contributed by atoms with Gasteiger partial charge in [0.05, 0.1) is 38.4 Å². The van der Waals surface area contributed by atoms with Crippen LogP contribution in [0.3, 0.4) is 0 Å². The van der Waals surface area contributed by atoms with Gasteiger partial charge in [0.15, 0.2) is 23.8 Å². The number of hydrogen-bond donors (Lipinski definition) is 9. The zero-order valence-electron chi connectivity index (χ0n) is 49.4. The van der Waals surface area contributed by atoms with Crippen molar-refractivity contribution in [3.05, 3.63) is 143 Å². The van der Waals surface area contributed by atoms with Crippen molar-refractivity contribution in [2.24, 2.45) is 10.8 Å². The van der Waals surface area contributed by atoms with Crippen molar-refractivity contribution in [2.45, 2.75) is 182 Å². The van der Waals surface area contributed by atoms with Crippen LogP contribution in [-0.2, 0) is 47.7 Å². The van der Waals surface area contributed by atoms with Crippen molar-refractivity contribution >= 4 is 35.4 Å². The molecular formula is C63H90O19. The van der Waals surface area contributed by atoms with Crippen molar-refractivity contribution in [3.8, 4) is 0 Å². The predicted octanol–water partition coefficient (Wildman–Crippen LogP) is 5.75. The van der Waals surface area contributed by atoms with E-state index in [0.29, 0.717) is 17.6 Å². The molecule has 0 saturated carbocycles. The third-order valence-corrected chi connectivity index (χ3v) is 13.6. The van der Waals surface area contributed by atoms with Gasteiger partial charge < -0.3 is 64.9 Å². The number of ketones is 2. The van der Waals surface area contributed by atoms with Gasteiger partial charge in [-0.3, -0.25) is 28.8 Å². The smallest absolute Gasteiger partial charge is 0.307 e. The summed E-state index contributed by atoms with van der Waals surface area (Å²) in [4.78, 5) is 74.7. The number of esters is 4. The van der Waals surface area contributed by atoms with Gasteiger partial charge in [-0.25, -0.2) is 0 Å². The standard InChI is InChI=1S/C36H50O10.C27H40O9/c1-8-23(2)12-9-10-13-24(3)14-11-15-25(4)16-17-27-26(5)33(42)30(20-36(27,6)7)46-32(41)19-18-31(40)45-22-29(39)35(44)34(43)28(38)21-37;1-7-9-16(3)10-11-18-17(4)24(32)21(14-27(18,5)6)36-23(31)13-12-22(30)35-15-20(29)26(34)25(33)19(28)8-2/h8-17,28-30,34-35,37-39,43-44H,1,18-22H2,2-7H3;7,9-11,19-21,25-26,28-29,33-34H,1,8,12-15H2,2-6H3/b10-9+,14-11+,17-16+,23-12+,24-13+,25-15+;11-10+,16-9+. The molecule has 0 radical (unpaired) electrons. The van der Waals surface area contributed by atoms with Crippen LogP contribution in [0, 0.1) is 10.8 Å². The summed E-state index contributed by atoms with van der Waals surface area (Å²) in [5.41, 5.74) is 5.90. The predicted molar refractivity (Wildman–Crippen MR) is 310 cm³/mol. The van der Waals surface area contributed by atoms with Crippen LogP contribution in [0.2, 0.25) is 0 Å². The first-order valence-electron chi connectivity index (χ1n) is 27.2. The number of carbonyl (C=O) groups is 6. The molecule has 0 aromatic rings. The summed E-state index contributed by atoms with van der Waals surface area (Å²) >= 11 is 0. The highest BCUT2D eigenvalue weighted by atomic mass is 16.6. The number of Topliss-reactive ketones (excluding diaryl/α,β-unsaturated/α-hetero) is 2. The summed E-state index contributed by atoms with van der Waals surface area (Å²) in [6.07, 6.45) is 10.7. The molecule has 10 unspecified atom stereocenters. The fourth-order valence-corrected chi connectivity index (χ4v) is 8.41. The first kappa shape index (κ1) is 73.8. The van der Waals surface area contributed by atoms with Crippen molar-refractivity contribution < 1.29 is 93.7 Å². The average Bonchev–Trinajstić information content (AvgIpc) is 3.57. The molecule has 0 aromatic heterocycles. The van der Waals surface area contributed by atoms with Crippen LogP contribution in [0.1, 0.15) is 121 Å². The van der Waals surface area contributed by atoms with E-state index >= 15 is 0 Å². The SMILES string of the molecule is C=C/C(C)=C/C=C/C=C(C)/C=C/C=C(C)/C=C/C1=C(C)C(=O)C(OC(=O)CCC(=O)OCC(O)C(O)C(O)C(O)CO)CC1(C)C.C=C/C=C(C)/C=C/C1=C(C)C(=O)C(OC(=O)CCC(=O)OCC(O)C(O)C(O)C(O)CC)CC1(C)C. The lowest BCUT2D eigenvalue weighted by atomic mass is 9.71. The molecule has 0 fully saturated rings. The van der Waals surface area contributed by atoms with E-state index in [9.17, 15) is 69.6 Å². The van der Waals surface area contributed by atoms with Gasteiger partial charge in [-0.05, 0) is 81.1 Å². The van der Waals surface area contributed by atoms with Crippen LogP contribution >= 0.6 is 0 Å². The Morgan fingerprint density at radius 3 is 1.28 bits per heavy atom. The lowest BCUT2D eigenvalue weighted by Gasteiger charge is -2.36. The molecule has 2 rings (SSSR count). The van der Waals surface area contributed by atoms with E-state index in [4.69, 9.17) is 24.1 Å². The Morgan fingerprint density at radius 1 is 0.537 bits per heavy atom. The van der Waals surface area contributed by atoms with Crippen LogP contribution in [0.15, 0.2) is 143 Å². The largest absolute Gasteiger partial charge is 0.463 e. The van der Waals surface area contributed by atoms with Gasteiger partial charge in [0, 0.05) is 12.8 Å². The molecule has 0 saturated heterocycles. The minimum Gasteiger partial charge on any atom is -0.463 e. The molecule has 456 valence electrons. The summed E-state index contributed by atoms with van der Waals surface area (Å²) in [6.45, 7) is 25.9. The Balaban J connectivity index is 0.000000845. The summed E-state index contributed by atoms with van der Waals surface area (Å²) in [5, 5.41) is 86.4. The van der Waals surface area contributed by atoms with Crippen LogP contribution in [-0.4, -0.2) is 162 Å². The summed E-state index contributed by atoms with van der Waals surface area (Å²) in [7, 11) is 0. The van der Waals surface area contributed by atoms with E-state index in [1.807, 2.05) is 128 Å². The van der Waals surface area contributed by atoms with Gasteiger partial charge in [0.1, 0.15) is 55.9 Å². The highest BCUT2D eigenvalue weighted by molar-refractivity contribution is 6.02. The highest BCUT2D eigenvalue weighted by Gasteiger charge is 2.41. The van der Waals surface area contributed by atoms with E-state index in [2.05, 4.69) is 13.2 Å². The topological polar surface area (TPSA) is 321 Å². The van der Waals surface area contributed by atoms with Gasteiger partial charge in [-0.15, -0.1) is 0 Å². The molecule has 19 nitrogen and oxygen atoms in total. The molecule has 0 aliphatic heterocycles. The summed E-state index contributed by atoms with van der Waals surface area (Å²) in [6, 6.07) is 0. The number of aliphatic hydroxyl groups excluding tert-OH is 9. The molecular weight excluding hydrogens is 1060 g/mol. The van der Waals surface area contributed by atoms with E-state index < -0.39 is 122 Å². The van der Waals surface area contributed by atoms with Crippen LogP contribution in [0.25, 0.3) is 0 Å². The molecule has 10 atom stereocenters. The van der Waals surface area contributed by atoms with Crippen molar-refractivity contribution in [1.29, 1.82) is 0 Å². The second-order valence-electron chi connectivity index (χ2n) is 21.6.